The molecule has 0 fully saturated rings. The van der Waals surface area contributed by atoms with Crippen molar-refractivity contribution in [3.8, 4) is 5.75 Å². The Bertz CT molecular complexity index is 573. The predicted molar refractivity (Wildman–Crippen MR) is 76.5 cm³/mol. The number of benzene rings is 1. The molecule has 10 heteroatoms. The Hall–Kier alpha value is -1.75. The van der Waals surface area contributed by atoms with Crippen molar-refractivity contribution in [1.29, 1.82) is 0 Å². The molecular formula is C14H21ClN2O7. The Morgan fingerprint density at radius 1 is 1.17 bits per heavy atom. The number of Topliss-reactive ketones (excluding diaryl/α,β-unsaturated/α-hetero) is 1. The molecule has 1 rings (SSSR count). The minimum Gasteiger partial charge on any atom is -0.491 e. The first-order valence-corrected chi connectivity index (χ1v) is 7.88. The van der Waals surface area contributed by atoms with Crippen LogP contribution in [-0.2, 0) is 9.59 Å². The lowest BCUT2D eigenvalue weighted by atomic mass is 10.2. The van der Waals surface area contributed by atoms with Crippen LogP contribution < -0.4 is 33.2 Å². The Kier molecular flexibility index (Phi) is 8.27. The van der Waals surface area contributed by atoms with Gasteiger partial charge in [-0.2, -0.15) is 0 Å². The first kappa shape index (κ1) is 22.2. The largest absolute Gasteiger partial charge is 0.491 e. The van der Waals surface area contributed by atoms with E-state index in [-0.39, 0.29) is 18.1 Å². The number of hydrogen-bond donors (Lipinski definition) is 1. The third kappa shape index (κ3) is 10.1. The molecule has 0 spiro atoms. The first-order chi connectivity index (χ1) is 10.7. The zero-order valence-electron chi connectivity index (χ0n) is 14.1. The third-order valence-electron chi connectivity index (χ3n) is 2.59. The summed E-state index contributed by atoms with van der Waals surface area (Å²) in [6.07, 6.45) is -0.105. The fourth-order valence-corrected chi connectivity index (χ4v) is 1.72. The second-order valence-electron chi connectivity index (χ2n) is 5.70. The minimum atomic E-state index is -4.94. The normalized spacial score (nSPS) is 11.2. The van der Waals surface area contributed by atoms with Crippen LogP contribution >= 0.6 is 0 Å². The first-order valence-electron chi connectivity index (χ1n) is 6.65. The molecule has 1 aromatic carbocycles. The topological polar surface area (TPSA) is 148 Å². The number of carbonyl (C=O) groups is 2. The Morgan fingerprint density at radius 3 is 2.04 bits per heavy atom. The summed E-state index contributed by atoms with van der Waals surface area (Å²) in [5.41, 5.74) is 1.61. The number of methoxy groups -OCH3 is 1. The fraction of sp³-hybridized carbons (Fsp3) is 0.429. The van der Waals surface area contributed by atoms with Gasteiger partial charge in [0.1, 0.15) is 5.78 Å². The van der Waals surface area contributed by atoms with E-state index in [2.05, 4.69) is 5.32 Å². The lowest BCUT2D eigenvalue weighted by Gasteiger charge is -2.25. The maximum Gasteiger partial charge on any atom is 0.231 e. The monoisotopic (exact) mass is 364 g/mol. The summed E-state index contributed by atoms with van der Waals surface area (Å²) in [5.74, 6) is 0.305. The van der Waals surface area contributed by atoms with E-state index in [1.165, 1.54) is 6.92 Å². The number of nitrogens with zero attached hydrogens (tertiary/aromatic N) is 1. The molecule has 0 atom stereocenters. The summed E-state index contributed by atoms with van der Waals surface area (Å²) in [6, 6.07) is 5.43. The lowest BCUT2D eigenvalue weighted by Crippen LogP contribution is -2.68. The summed E-state index contributed by atoms with van der Waals surface area (Å²) >= 11 is 0. The van der Waals surface area contributed by atoms with E-state index >= 15 is 0 Å². The summed E-state index contributed by atoms with van der Waals surface area (Å²) < 4.78 is 39.9. The fourth-order valence-electron chi connectivity index (χ4n) is 1.72. The molecule has 0 aliphatic carbocycles. The van der Waals surface area contributed by atoms with Crippen molar-refractivity contribution >= 4 is 23.1 Å². The number of nitrogens with one attached hydrogen (secondary N) is 1. The maximum atomic E-state index is 11.6. The highest BCUT2D eigenvalue weighted by Gasteiger charge is 2.19. The van der Waals surface area contributed by atoms with Gasteiger partial charge >= 0.3 is 0 Å². The Labute approximate surface area is 142 Å². The van der Waals surface area contributed by atoms with Gasteiger partial charge in [0.05, 0.1) is 34.7 Å². The zero-order valence-corrected chi connectivity index (χ0v) is 14.9. The zero-order chi connectivity index (χ0) is 19.1. The average molecular weight is 365 g/mol. The highest BCUT2D eigenvalue weighted by atomic mass is 35.7. The molecule has 0 aliphatic rings. The average Bonchev–Trinajstić information content (AvgIpc) is 2.34. The molecule has 0 unspecified atom stereocenters. The van der Waals surface area contributed by atoms with Crippen molar-refractivity contribution in [3.05, 3.63) is 18.2 Å². The maximum absolute atomic E-state index is 11.6. The van der Waals surface area contributed by atoms with Gasteiger partial charge in [-0.05, 0) is 19.1 Å². The second-order valence-corrected chi connectivity index (χ2v) is 6.46. The van der Waals surface area contributed by atoms with Crippen LogP contribution in [0.15, 0.2) is 18.2 Å². The number of carbonyl (C=O) groups excluding carboxylic acids is 2. The molecule has 0 aromatic heterocycles. The predicted octanol–water partition coefficient (Wildman–Crippen LogP) is -2.95. The van der Waals surface area contributed by atoms with Crippen molar-refractivity contribution in [3.63, 3.8) is 0 Å². The molecule has 0 saturated heterocycles. The van der Waals surface area contributed by atoms with Gasteiger partial charge in [-0.1, -0.05) is 0 Å². The van der Waals surface area contributed by atoms with Gasteiger partial charge in [0.2, 0.25) is 5.91 Å². The second kappa shape index (κ2) is 8.92. The molecular weight excluding hydrogens is 344 g/mol. The number of quaternary nitrogens is 1. The van der Waals surface area contributed by atoms with E-state index in [4.69, 9.17) is 23.4 Å². The van der Waals surface area contributed by atoms with Gasteiger partial charge < -0.3 is 10.1 Å². The molecule has 1 aromatic rings. The van der Waals surface area contributed by atoms with Crippen LogP contribution in [0.3, 0.4) is 0 Å². The van der Waals surface area contributed by atoms with Crippen LogP contribution in [0.25, 0.3) is 0 Å². The summed E-state index contributed by atoms with van der Waals surface area (Å²) in [5, 5.41) is 2.71. The van der Waals surface area contributed by atoms with E-state index in [1.54, 1.807) is 13.2 Å². The number of rotatable bonds is 5. The number of ketones is 1. The standard InChI is InChI=1S/C14H20N2O3.ClHO4/c1-10(17)8-14(18)15-11-6-7-13(19-5)12(9-11)16(2,3)4;2-1(3,4)5/h6-7,9H,8H2,1-5H3;(H,2,3,4,5). The molecule has 136 valence electrons. The Balaban J connectivity index is 0.000000922. The quantitative estimate of drug-likeness (QED) is 0.434. The van der Waals surface area contributed by atoms with Crippen molar-refractivity contribution in [1.82, 2.24) is 4.48 Å². The lowest BCUT2D eigenvalue weighted by molar-refractivity contribution is -2.00. The summed E-state index contributed by atoms with van der Waals surface area (Å²) in [4.78, 5) is 22.5. The van der Waals surface area contributed by atoms with Crippen molar-refractivity contribution in [2.24, 2.45) is 0 Å². The highest BCUT2D eigenvalue weighted by Crippen LogP contribution is 2.32. The number of amides is 1. The van der Waals surface area contributed by atoms with Crippen molar-refractivity contribution in [2.45, 2.75) is 13.3 Å². The minimum absolute atomic E-state index is 0.105. The molecule has 0 heterocycles. The number of anilines is 1. The van der Waals surface area contributed by atoms with Crippen LogP contribution in [0.5, 0.6) is 5.75 Å². The van der Waals surface area contributed by atoms with Gasteiger partial charge in [0.15, 0.2) is 11.4 Å². The SMILES string of the molecule is COc1ccc(NC(=O)CC(C)=O)cc1[N+](C)(C)C.[O-][Cl+3]([O-])([O-])[O-]. The highest BCUT2D eigenvalue weighted by molar-refractivity contribution is 6.03. The molecule has 0 radical (unpaired) electrons. The third-order valence-corrected chi connectivity index (χ3v) is 2.59. The molecule has 0 bridgehead atoms. The van der Waals surface area contributed by atoms with Crippen molar-refractivity contribution < 1.29 is 43.2 Å². The summed E-state index contributed by atoms with van der Waals surface area (Å²) in [6.45, 7) is 1.39. The summed E-state index contributed by atoms with van der Waals surface area (Å²) in [7, 11) is 2.71. The van der Waals surface area contributed by atoms with Gasteiger partial charge in [-0.25, -0.2) is 18.6 Å². The van der Waals surface area contributed by atoms with Gasteiger partial charge in [0.25, 0.3) is 0 Å². The van der Waals surface area contributed by atoms with E-state index in [9.17, 15) is 9.59 Å². The van der Waals surface area contributed by atoms with E-state index < -0.39 is 10.2 Å². The molecule has 0 saturated carbocycles. The van der Waals surface area contributed by atoms with Crippen LogP contribution in [0.2, 0.25) is 0 Å². The van der Waals surface area contributed by atoms with Crippen LogP contribution in [0.4, 0.5) is 11.4 Å². The van der Waals surface area contributed by atoms with E-state index in [1.807, 2.05) is 33.3 Å². The molecule has 9 nitrogen and oxygen atoms in total. The number of ether oxygens (including phenoxy) is 1. The van der Waals surface area contributed by atoms with E-state index in [0.29, 0.717) is 10.2 Å². The molecule has 1 amide bonds. The van der Waals surface area contributed by atoms with Crippen LogP contribution in [0, 0.1) is 10.2 Å². The molecule has 24 heavy (non-hydrogen) atoms. The van der Waals surface area contributed by atoms with Gasteiger partial charge in [-0.3, -0.25) is 14.1 Å². The Morgan fingerprint density at radius 2 is 1.67 bits per heavy atom. The van der Waals surface area contributed by atoms with Crippen LogP contribution in [-0.4, -0.2) is 39.9 Å². The van der Waals surface area contributed by atoms with Gasteiger partial charge in [-0.15, -0.1) is 10.2 Å². The molecule has 1 N–H and O–H groups in total. The number of hydrogen-bond acceptors (Lipinski definition) is 7. The van der Waals surface area contributed by atoms with Gasteiger partial charge in [0, 0.05) is 11.8 Å². The van der Waals surface area contributed by atoms with E-state index in [0.717, 1.165) is 11.4 Å². The molecule has 0 aliphatic heterocycles. The number of halogens is 1. The smallest absolute Gasteiger partial charge is 0.231 e. The van der Waals surface area contributed by atoms with Crippen molar-refractivity contribution in [2.75, 3.05) is 33.6 Å². The van der Waals surface area contributed by atoms with Crippen LogP contribution in [0.1, 0.15) is 13.3 Å².